The van der Waals surface area contributed by atoms with E-state index in [4.69, 9.17) is 4.74 Å². The lowest BCUT2D eigenvalue weighted by Crippen LogP contribution is -2.40. The number of fused-ring (bicyclic) bond motifs is 1. The van der Waals surface area contributed by atoms with Gasteiger partial charge < -0.3 is 9.64 Å². The van der Waals surface area contributed by atoms with Crippen LogP contribution in [0.1, 0.15) is 18.4 Å². The molecule has 0 bridgehead atoms. The van der Waals surface area contributed by atoms with Gasteiger partial charge in [0.05, 0.1) is 6.61 Å². The van der Waals surface area contributed by atoms with E-state index in [1.54, 1.807) is 24.1 Å². The van der Waals surface area contributed by atoms with Gasteiger partial charge in [-0.15, -0.1) is 0 Å². The van der Waals surface area contributed by atoms with Crippen LogP contribution in [-0.2, 0) is 21.2 Å². The summed E-state index contributed by atoms with van der Waals surface area (Å²) >= 11 is 0. The van der Waals surface area contributed by atoms with Crippen molar-refractivity contribution in [3.05, 3.63) is 23.8 Å². The third-order valence-corrected chi connectivity index (χ3v) is 5.74. The molecule has 3 rings (SSSR count). The van der Waals surface area contributed by atoms with E-state index in [1.807, 2.05) is 6.07 Å². The van der Waals surface area contributed by atoms with Crippen LogP contribution in [0.25, 0.3) is 0 Å². The average molecular weight is 324 g/mol. The number of hydrogen-bond acceptors (Lipinski definition) is 4. The molecular formula is C15H20N2O4S. The Balaban J connectivity index is 1.70. The molecule has 0 unspecified atom stereocenters. The van der Waals surface area contributed by atoms with Crippen LogP contribution in [-0.4, -0.2) is 46.0 Å². The Kier molecular flexibility index (Phi) is 4.10. The van der Waals surface area contributed by atoms with Crippen molar-refractivity contribution < 1.29 is 17.9 Å². The zero-order valence-electron chi connectivity index (χ0n) is 12.5. The third-order valence-electron chi connectivity index (χ3n) is 4.29. The highest BCUT2D eigenvalue weighted by Gasteiger charge is 2.28. The van der Waals surface area contributed by atoms with E-state index in [0.717, 1.165) is 18.4 Å². The van der Waals surface area contributed by atoms with Crippen LogP contribution >= 0.6 is 0 Å². The average Bonchev–Trinajstić information content (AvgIpc) is 2.97. The molecule has 1 N–H and O–H groups in total. The van der Waals surface area contributed by atoms with Crippen molar-refractivity contribution in [2.45, 2.75) is 24.2 Å². The van der Waals surface area contributed by atoms with Crippen LogP contribution in [0.4, 0.5) is 0 Å². The largest absolute Gasteiger partial charge is 0.492 e. The van der Waals surface area contributed by atoms with Crippen molar-refractivity contribution in [2.75, 3.05) is 26.7 Å². The maximum Gasteiger partial charge on any atom is 0.244 e. The van der Waals surface area contributed by atoms with Crippen LogP contribution in [0.3, 0.4) is 0 Å². The summed E-state index contributed by atoms with van der Waals surface area (Å²) in [4.78, 5) is 13.6. The van der Waals surface area contributed by atoms with Gasteiger partial charge >= 0.3 is 0 Å². The fourth-order valence-corrected chi connectivity index (χ4v) is 4.18. The molecule has 0 saturated carbocycles. The van der Waals surface area contributed by atoms with E-state index in [2.05, 4.69) is 4.72 Å². The molecule has 22 heavy (non-hydrogen) atoms. The standard InChI is InChI=1S/C15H20N2O4S/c1-17-7-5-11(9-14(17)18)10-16-22(19,20)13-4-2-3-12-6-8-21-15(12)13/h2-4,11,16H,5-10H2,1H3/t11-/m0/s1. The fourth-order valence-electron chi connectivity index (χ4n) is 2.88. The lowest BCUT2D eigenvalue weighted by atomic mass is 9.97. The lowest BCUT2D eigenvalue weighted by molar-refractivity contribution is -0.133. The van der Waals surface area contributed by atoms with Gasteiger partial charge in [-0.25, -0.2) is 13.1 Å². The normalized spacial score (nSPS) is 21.6. The number of para-hydroxylation sites is 1. The summed E-state index contributed by atoms with van der Waals surface area (Å²) in [6.45, 7) is 1.48. The van der Waals surface area contributed by atoms with Gasteiger partial charge in [-0.1, -0.05) is 12.1 Å². The molecule has 1 aromatic carbocycles. The van der Waals surface area contributed by atoms with Crippen LogP contribution in [0.2, 0.25) is 0 Å². The van der Waals surface area contributed by atoms with Crippen molar-refractivity contribution in [1.29, 1.82) is 0 Å². The predicted octanol–water partition coefficient (Wildman–Crippen LogP) is 0.768. The predicted molar refractivity (Wildman–Crippen MR) is 81.2 cm³/mol. The van der Waals surface area contributed by atoms with Crippen LogP contribution < -0.4 is 9.46 Å². The molecule has 0 spiro atoms. The minimum Gasteiger partial charge on any atom is -0.492 e. The van der Waals surface area contributed by atoms with E-state index in [9.17, 15) is 13.2 Å². The lowest BCUT2D eigenvalue weighted by Gasteiger charge is -2.28. The van der Waals surface area contributed by atoms with E-state index < -0.39 is 10.0 Å². The first-order valence-corrected chi connectivity index (χ1v) is 8.94. The number of benzene rings is 1. The van der Waals surface area contributed by atoms with Gasteiger partial charge in [-0.2, -0.15) is 0 Å². The third kappa shape index (κ3) is 2.96. The highest BCUT2D eigenvalue weighted by Crippen LogP contribution is 2.32. The summed E-state index contributed by atoms with van der Waals surface area (Å²) in [7, 11) is -1.84. The summed E-state index contributed by atoms with van der Waals surface area (Å²) < 4.78 is 33.1. The molecule has 120 valence electrons. The SMILES string of the molecule is CN1CC[C@H](CNS(=O)(=O)c2cccc3c2OCC3)CC1=O. The highest BCUT2D eigenvalue weighted by atomic mass is 32.2. The number of nitrogens with zero attached hydrogens (tertiary/aromatic N) is 1. The number of piperidine rings is 1. The first kappa shape index (κ1) is 15.3. The zero-order chi connectivity index (χ0) is 15.7. The molecule has 1 aromatic rings. The van der Waals surface area contributed by atoms with Crippen molar-refractivity contribution in [2.24, 2.45) is 5.92 Å². The van der Waals surface area contributed by atoms with Crippen LogP contribution in [0.15, 0.2) is 23.1 Å². The summed E-state index contributed by atoms with van der Waals surface area (Å²) in [5, 5.41) is 0. The van der Waals surface area contributed by atoms with Crippen molar-refractivity contribution in [1.82, 2.24) is 9.62 Å². The van der Waals surface area contributed by atoms with Crippen molar-refractivity contribution >= 4 is 15.9 Å². The number of carbonyl (C=O) groups is 1. The molecule has 7 heteroatoms. The molecular weight excluding hydrogens is 304 g/mol. The zero-order valence-corrected chi connectivity index (χ0v) is 13.4. The first-order valence-electron chi connectivity index (χ1n) is 7.45. The van der Waals surface area contributed by atoms with E-state index >= 15 is 0 Å². The van der Waals surface area contributed by atoms with Gasteiger partial charge in [-0.3, -0.25) is 4.79 Å². The quantitative estimate of drug-likeness (QED) is 0.887. The highest BCUT2D eigenvalue weighted by molar-refractivity contribution is 7.89. The summed E-state index contributed by atoms with van der Waals surface area (Å²) in [6.07, 6.45) is 1.94. The Bertz CT molecular complexity index is 687. The Hall–Kier alpha value is -1.60. The molecule has 2 aliphatic heterocycles. The molecule has 0 aliphatic carbocycles. The number of likely N-dealkylation sites (tertiary alicyclic amines) is 1. The molecule has 1 amide bonds. The molecule has 2 aliphatic rings. The van der Waals surface area contributed by atoms with Crippen molar-refractivity contribution in [3.63, 3.8) is 0 Å². The molecule has 6 nitrogen and oxygen atoms in total. The Morgan fingerprint density at radius 3 is 3.00 bits per heavy atom. The topological polar surface area (TPSA) is 75.7 Å². The number of sulfonamides is 1. The van der Waals surface area contributed by atoms with Gasteiger partial charge in [0, 0.05) is 33.0 Å². The van der Waals surface area contributed by atoms with Gasteiger partial charge in [-0.05, 0) is 24.0 Å². The van der Waals surface area contributed by atoms with Crippen LogP contribution in [0.5, 0.6) is 5.75 Å². The molecule has 1 atom stereocenters. The summed E-state index contributed by atoms with van der Waals surface area (Å²) in [5.74, 6) is 0.588. The number of amides is 1. The van der Waals surface area contributed by atoms with Crippen LogP contribution in [0, 0.1) is 5.92 Å². The van der Waals surface area contributed by atoms with Gasteiger partial charge in [0.2, 0.25) is 15.9 Å². The second kappa shape index (κ2) is 5.89. The van der Waals surface area contributed by atoms with Gasteiger partial charge in [0.1, 0.15) is 10.6 Å². The minimum absolute atomic E-state index is 0.0520. The first-order chi connectivity index (χ1) is 10.5. The number of carbonyl (C=O) groups excluding carboxylic acids is 1. The Labute approximate surface area is 130 Å². The number of rotatable bonds is 4. The monoisotopic (exact) mass is 324 g/mol. The maximum atomic E-state index is 12.5. The van der Waals surface area contributed by atoms with E-state index in [1.165, 1.54) is 0 Å². The minimum atomic E-state index is -3.62. The molecule has 1 fully saturated rings. The number of ether oxygens (including phenoxy) is 1. The summed E-state index contributed by atoms with van der Waals surface area (Å²) in [5.41, 5.74) is 0.928. The Morgan fingerprint density at radius 2 is 2.23 bits per heavy atom. The van der Waals surface area contributed by atoms with Gasteiger partial charge in [0.15, 0.2) is 0 Å². The molecule has 0 aromatic heterocycles. The fraction of sp³-hybridized carbons (Fsp3) is 0.533. The van der Waals surface area contributed by atoms with E-state index in [0.29, 0.717) is 25.3 Å². The molecule has 0 radical (unpaired) electrons. The number of hydrogen-bond donors (Lipinski definition) is 1. The smallest absolute Gasteiger partial charge is 0.244 e. The molecule has 2 heterocycles. The Morgan fingerprint density at radius 1 is 1.41 bits per heavy atom. The maximum absolute atomic E-state index is 12.5. The molecule has 1 saturated heterocycles. The summed E-state index contributed by atoms with van der Waals surface area (Å²) in [6, 6.07) is 5.18. The number of nitrogens with one attached hydrogen (secondary N) is 1. The van der Waals surface area contributed by atoms with E-state index in [-0.39, 0.29) is 23.3 Å². The van der Waals surface area contributed by atoms with Crippen molar-refractivity contribution in [3.8, 4) is 5.75 Å². The van der Waals surface area contributed by atoms with Gasteiger partial charge in [0.25, 0.3) is 0 Å². The second-order valence-electron chi connectivity index (χ2n) is 5.87. The second-order valence-corrected chi connectivity index (χ2v) is 7.60.